The second-order valence-electron chi connectivity index (χ2n) is 18.1. The number of aryl methyl sites for hydroxylation is 4. The summed E-state index contributed by atoms with van der Waals surface area (Å²) < 4.78 is 84.7. The number of hydrogen-bond acceptors (Lipinski definition) is 11. The number of halogens is 8. The minimum Gasteiger partial charge on any atom is -1.00 e. The van der Waals surface area contributed by atoms with Crippen LogP contribution < -0.4 is 23.0 Å². The number of aromatic nitrogens is 10. The quantitative estimate of drug-likeness (QED) is 0.0981. The van der Waals surface area contributed by atoms with Crippen LogP contribution in [0.1, 0.15) is 78.6 Å². The number of rotatable bonds is 12. The molecule has 0 spiro atoms. The highest BCUT2D eigenvalue weighted by molar-refractivity contribution is 6.05. The lowest BCUT2D eigenvalue weighted by Gasteiger charge is -2.14. The van der Waals surface area contributed by atoms with Crippen LogP contribution in [0.3, 0.4) is 0 Å². The summed E-state index contributed by atoms with van der Waals surface area (Å²) in [7, 11) is 1.00. The van der Waals surface area contributed by atoms with Gasteiger partial charge in [0.2, 0.25) is 0 Å². The zero-order valence-corrected chi connectivity index (χ0v) is 46.4. The lowest BCUT2D eigenvalue weighted by Crippen LogP contribution is -3.00. The maximum Gasteiger partial charge on any atom is 1.00 e. The van der Waals surface area contributed by atoms with E-state index in [1.54, 1.807) is 112 Å². The topological polar surface area (TPSA) is 223 Å². The minimum atomic E-state index is -4.59. The summed E-state index contributed by atoms with van der Waals surface area (Å²) in [5.74, 6) is 0.0621. The molecule has 10 rings (SSSR count). The molecular formula is C59H54Cl2F6N12O4. The minimum absolute atomic E-state index is 0. The van der Waals surface area contributed by atoms with Gasteiger partial charge in [-0.05, 0) is 147 Å². The largest absolute Gasteiger partial charge is 1.00 e. The van der Waals surface area contributed by atoms with Crippen LogP contribution in [0.5, 0.6) is 0 Å². The van der Waals surface area contributed by atoms with Crippen molar-refractivity contribution in [3.05, 3.63) is 239 Å². The standard InChI is InChI=1S/2C29H23F3N6O.CH4O.2ClH.H2O/c2*1-18-5-6-20(10-22(18)11-27-34-9-7-26(37-27)21-4-3-8-33-15-21)28(39)36-24-12-23(29(30,31)32)13-25(14-24)38-16-19(2)35-17-38;1-2;;;/h2*3-10,12-17H,11H2,1-2H3,(H,36,39);2H,1H3;2*1H;1H2. The molecule has 0 radical (unpaired) electrons. The highest BCUT2D eigenvalue weighted by Gasteiger charge is 2.33. The molecule has 83 heavy (non-hydrogen) atoms. The van der Waals surface area contributed by atoms with Crippen molar-refractivity contribution in [3.8, 4) is 33.9 Å². The molecule has 430 valence electrons. The summed E-state index contributed by atoms with van der Waals surface area (Å²) in [6.45, 7) is 7.30. The maximum absolute atomic E-state index is 13.6. The summed E-state index contributed by atoms with van der Waals surface area (Å²) in [6.07, 6.45) is 7.77. The van der Waals surface area contributed by atoms with E-state index in [1.165, 1.54) is 33.9 Å². The van der Waals surface area contributed by atoms with E-state index in [4.69, 9.17) is 5.11 Å². The van der Waals surface area contributed by atoms with Gasteiger partial charge in [-0.25, -0.2) is 29.9 Å². The number of nitrogens with one attached hydrogen (secondary N) is 2. The molecule has 16 nitrogen and oxygen atoms in total. The Hall–Kier alpha value is -9.22. The number of carbonyl (C=O) groups excluding carboxylic acids is 2. The molecule has 0 aliphatic rings. The number of aliphatic hydroxyl groups is 1. The van der Waals surface area contributed by atoms with Crippen molar-refractivity contribution in [2.24, 2.45) is 0 Å². The number of pyridine rings is 2. The predicted octanol–water partition coefficient (Wildman–Crippen LogP) is 8.73. The summed E-state index contributed by atoms with van der Waals surface area (Å²) in [5, 5.41) is 12.2. The van der Waals surface area contributed by atoms with Gasteiger partial charge in [0.15, 0.2) is 0 Å². The average Bonchev–Trinajstić information content (AvgIpc) is 4.28. The van der Waals surface area contributed by atoms with Crippen LogP contribution in [-0.2, 0) is 25.2 Å². The number of benzene rings is 4. The molecule has 0 unspecified atom stereocenters. The van der Waals surface area contributed by atoms with E-state index >= 15 is 0 Å². The third-order valence-corrected chi connectivity index (χ3v) is 12.3. The molecule has 2 amide bonds. The summed E-state index contributed by atoms with van der Waals surface area (Å²) >= 11 is 0. The van der Waals surface area contributed by atoms with Crippen LogP contribution in [0.15, 0.2) is 171 Å². The van der Waals surface area contributed by atoms with Gasteiger partial charge < -0.3 is 42.8 Å². The molecule has 6 aromatic heterocycles. The Kier molecular flexibility index (Phi) is 22.2. The number of carbonyl (C=O) groups is 2. The molecule has 0 bridgehead atoms. The highest BCUT2D eigenvalue weighted by Crippen LogP contribution is 2.35. The summed E-state index contributed by atoms with van der Waals surface area (Å²) in [4.78, 5) is 60.7. The Morgan fingerprint density at radius 2 is 0.940 bits per heavy atom. The van der Waals surface area contributed by atoms with E-state index < -0.39 is 35.3 Å². The van der Waals surface area contributed by atoms with Crippen molar-refractivity contribution in [3.63, 3.8) is 0 Å². The number of hydrogen-bond donors (Lipinski definition) is 3. The smallest absolute Gasteiger partial charge is 1.00 e. The first-order chi connectivity index (χ1) is 38.3. The molecular weight excluding hydrogens is 1130 g/mol. The molecule has 0 aliphatic heterocycles. The number of imidazole rings is 2. The molecule has 0 fully saturated rings. The molecule has 4 aromatic carbocycles. The zero-order chi connectivity index (χ0) is 57.1. The molecule has 0 saturated heterocycles. The summed E-state index contributed by atoms with van der Waals surface area (Å²) in [5.41, 5.74) is 7.34. The first kappa shape index (κ1) is 64.6. The molecule has 0 saturated carbocycles. The first-order valence-electron chi connectivity index (χ1n) is 24.5. The van der Waals surface area contributed by atoms with E-state index in [1.807, 2.05) is 38.1 Å². The van der Waals surface area contributed by atoms with Crippen LogP contribution in [0.25, 0.3) is 33.9 Å². The molecule has 24 heteroatoms. The zero-order valence-electron chi connectivity index (χ0n) is 45.9. The number of amides is 2. The van der Waals surface area contributed by atoms with Crippen molar-refractivity contribution in [1.29, 1.82) is 0 Å². The second-order valence-corrected chi connectivity index (χ2v) is 18.1. The van der Waals surface area contributed by atoms with E-state index in [0.29, 0.717) is 47.0 Å². The number of nitrogens with zero attached hydrogens (tertiary/aromatic N) is 10. The van der Waals surface area contributed by atoms with Crippen LogP contribution in [0.4, 0.5) is 37.7 Å². The molecule has 10 aromatic rings. The van der Waals surface area contributed by atoms with Crippen LogP contribution in [0.2, 0.25) is 0 Å². The highest BCUT2D eigenvalue weighted by atomic mass is 35.5. The fourth-order valence-corrected chi connectivity index (χ4v) is 8.19. The van der Waals surface area contributed by atoms with Gasteiger partial charge in [-0.3, -0.25) is 19.6 Å². The predicted molar refractivity (Wildman–Crippen MR) is 301 cm³/mol. The van der Waals surface area contributed by atoms with E-state index in [2.05, 4.69) is 50.5 Å². The van der Waals surface area contributed by atoms with E-state index in [0.717, 1.165) is 76.1 Å². The van der Waals surface area contributed by atoms with E-state index in [-0.39, 0.29) is 54.5 Å². The normalized spacial score (nSPS) is 10.8. The van der Waals surface area contributed by atoms with Crippen molar-refractivity contribution < 1.29 is 60.3 Å². The number of anilines is 2. The molecule has 6 heterocycles. The SMILES string of the molecule is CO.Cc1cn(-c2cc(NC(=O)c3ccc(C)c(Cc4nccc(-c5cccnc5)n4)c3)cc(C(F)(F)F)c2)cn1.Cc1cn(-c2cc(NC(=O)c3ccc(C)c(Cc4nccc(-c5cccnc5)n4)c3)cc(C(F)(F)F)c2)cn1.Cl.O.[Cl-].[H+]. The van der Waals surface area contributed by atoms with Gasteiger partial charge in [-0.1, -0.05) is 12.1 Å². The average molecular weight is 1180 g/mol. The number of alkyl halides is 6. The third kappa shape index (κ3) is 16.9. The van der Waals surface area contributed by atoms with Crippen LogP contribution in [0, 0.1) is 27.7 Å². The van der Waals surface area contributed by atoms with Gasteiger partial charge in [0.1, 0.15) is 11.6 Å². The van der Waals surface area contributed by atoms with Gasteiger partial charge in [0.25, 0.3) is 11.8 Å². The van der Waals surface area contributed by atoms with Gasteiger partial charge in [0, 0.05) is 115 Å². The second kappa shape index (κ2) is 28.5. The molecule has 0 aliphatic carbocycles. The molecule has 5 N–H and O–H groups in total. The van der Waals surface area contributed by atoms with Gasteiger partial charge >= 0.3 is 13.8 Å². The van der Waals surface area contributed by atoms with Crippen molar-refractivity contribution in [2.75, 3.05) is 17.7 Å². The van der Waals surface area contributed by atoms with Crippen LogP contribution >= 0.6 is 12.4 Å². The Morgan fingerprint density at radius 3 is 1.28 bits per heavy atom. The van der Waals surface area contributed by atoms with Gasteiger partial charge in [-0.2, -0.15) is 26.3 Å². The van der Waals surface area contributed by atoms with E-state index in [9.17, 15) is 35.9 Å². The fourth-order valence-electron chi connectivity index (χ4n) is 8.19. The van der Waals surface area contributed by atoms with Crippen molar-refractivity contribution in [1.82, 2.24) is 49.0 Å². The first-order valence-corrected chi connectivity index (χ1v) is 24.5. The van der Waals surface area contributed by atoms with Crippen molar-refractivity contribution in [2.45, 2.75) is 52.9 Å². The molecule has 0 atom stereocenters. The monoisotopic (exact) mass is 1180 g/mol. The Bertz CT molecular complexity index is 3570. The fraction of sp³-hybridized carbons (Fsp3) is 0.153. The Balaban J connectivity index is 0.000000335. The lowest BCUT2D eigenvalue weighted by atomic mass is 10.0. The van der Waals surface area contributed by atoms with Crippen LogP contribution in [-0.4, -0.2) is 78.5 Å². The summed E-state index contributed by atoms with van der Waals surface area (Å²) in [6, 6.07) is 28.1. The maximum atomic E-state index is 13.6. The third-order valence-electron chi connectivity index (χ3n) is 12.3. The number of aliphatic hydroxyl groups excluding tert-OH is 1. The Labute approximate surface area is 486 Å². The van der Waals surface area contributed by atoms with Crippen molar-refractivity contribution >= 4 is 35.6 Å². The lowest BCUT2D eigenvalue weighted by molar-refractivity contribution is -0.138. The Morgan fingerprint density at radius 1 is 0.542 bits per heavy atom. The van der Waals surface area contributed by atoms with Gasteiger partial charge in [0.05, 0.1) is 46.6 Å². The van der Waals surface area contributed by atoms with Gasteiger partial charge in [-0.15, -0.1) is 12.4 Å².